The van der Waals surface area contributed by atoms with Crippen molar-refractivity contribution in [3.8, 4) is 0 Å². The fourth-order valence-corrected chi connectivity index (χ4v) is 6.38. The maximum absolute atomic E-state index is 13.7. The summed E-state index contributed by atoms with van der Waals surface area (Å²) in [6.07, 6.45) is 5.83. The quantitative estimate of drug-likeness (QED) is 0.409. The number of aromatic nitrogens is 5. The third-order valence-electron chi connectivity index (χ3n) is 8.34. The van der Waals surface area contributed by atoms with Gasteiger partial charge in [-0.05, 0) is 65.9 Å². The molecule has 1 aliphatic heterocycles. The molecule has 38 heavy (non-hydrogen) atoms. The number of rotatable bonds is 6. The average Bonchev–Trinajstić information content (AvgIpc) is 3.41. The Morgan fingerprint density at radius 2 is 1.74 bits per heavy atom. The van der Waals surface area contributed by atoms with Gasteiger partial charge in [0.05, 0.1) is 6.04 Å². The van der Waals surface area contributed by atoms with E-state index in [1.54, 1.807) is 0 Å². The van der Waals surface area contributed by atoms with Gasteiger partial charge in [-0.3, -0.25) is 14.6 Å². The first-order valence-electron chi connectivity index (χ1n) is 14.0. The minimum atomic E-state index is -0.292. The Balaban J connectivity index is 1.37. The van der Waals surface area contributed by atoms with Gasteiger partial charge >= 0.3 is 0 Å². The Morgan fingerprint density at radius 3 is 2.50 bits per heavy atom. The van der Waals surface area contributed by atoms with E-state index in [1.807, 2.05) is 4.68 Å². The Kier molecular flexibility index (Phi) is 7.08. The number of aryl methyl sites for hydroxylation is 2. The maximum Gasteiger partial charge on any atom is 0.253 e. The van der Waals surface area contributed by atoms with E-state index in [0.29, 0.717) is 6.04 Å². The molecular weight excluding hydrogens is 474 g/mol. The van der Waals surface area contributed by atoms with Gasteiger partial charge < -0.3 is 4.98 Å². The summed E-state index contributed by atoms with van der Waals surface area (Å²) in [5.74, 6) is 0.794. The normalized spacial score (nSPS) is 18.7. The lowest BCUT2D eigenvalue weighted by Crippen LogP contribution is -2.48. The fourth-order valence-electron chi connectivity index (χ4n) is 6.38. The molecule has 2 aromatic carbocycles. The summed E-state index contributed by atoms with van der Waals surface area (Å²) in [5, 5.41) is 14.3. The van der Waals surface area contributed by atoms with E-state index in [0.717, 1.165) is 79.0 Å². The van der Waals surface area contributed by atoms with E-state index in [9.17, 15) is 4.79 Å². The van der Waals surface area contributed by atoms with Crippen molar-refractivity contribution in [3.05, 3.63) is 87.0 Å². The van der Waals surface area contributed by atoms with Crippen LogP contribution in [0, 0.1) is 13.8 Å². The number of H-pyrrole nitrogens is 1. The first-order chi connectivity index (χ1) is 18.6. The molecule has 6 rings (SSSR count). The van der Waals surface area contributed by atoms with Gasteiger partial charge in [0.15, 0.2) is 5.82 Å². The average molecular weight is 512 g/mol. The molecule has 1 N–H and O–H groups in total. The zero-order chi connectivity index (χ0) is 26.1. The molecule has 2 fully saturated rings. The summed E-state index contributed by atoms with van der Waals surface area (Å²) < 4.78 is 2.03. The molecule has 1 atom stereocenters. The summed E-state index contributed by atoms with van der Waals surface area (Å²) in [7, 11) is 0. The Labute approximate surface area is 223 Å². The summed E-state index contributed by atoms with van der Waals surface area (Å²) in [6.45, 7) is 8.67. The SMILES string of the molecule is Cc1cc(C)c2cc([C@@H](c3nnnn3C3CCCCC3)N3CCN(Cc4ccccc4)CC3)c(=O)[nH]c2c1. The zero-order valence-corrected chi connectivity index (χ0v) is 22.4. The molecule has 0 unspecified atom stereocenters. The van der Waals surface area contributed by atoms with E-state index in [-0.39, 0.29) is 11.6 Å². The zero-order valence-electron chi connectivity index (χ0n) is 22.4. The minimum Gasteiger partial charge on any atom is -0.322 e. The van der Waals surface area contributed by atoms with Crippen molar-refractivity contribution in [1.29, 1.82) is 0 Å². The molecule has 198 valence electrons. The van der Waals surface area contributed by atoms with E-state index in [2.05, 4.69) is 92.7 Å². The van der Waals surface area contributed by atoms with Crippen molar-refractivity contribution in [2.45, 2.75) is 64.6 Å². The van der Waals surface area contributed by atoms with Crippen LogP contribution in [0.25, 0.3) is 10.9 Å². The second kappa shape index (κ2) is 10.8. The van der Waals surface area contributed by atoms with Crippen LogP contribution in [0.15, 0.2) is 53.3 Å². The van der Waals surface area contributed by atoms with Crippen molar-refractivity contribution in [2.24, 2.45) is 0 Å². The lowest BCUT2D eigenvalue weighted by molar-refractivity contribution is 0.0982. The Bertz CT molecular complexity index is 1450. The molecule has 0 spiro atoms. The highest BCUT2D eigenvalue weighted by atomic mass is 16.1. The predicted molar refractivity (Wildman–Crippen MR) is 149 cm³/mol. The Morgan fingerprint density at radius 1 is 0.974 bits per heavy atom. The first kappa shape index (κ1) is 24.9. The Hall–Kier alpha value is -3.36. The molecule has 1 saturated carbocycles. The van der Waals surface area contributed by atoms with Crippen LogP contribution in [0.2, 0.25) is 0 Å². The molecule has 2 aromatic heterocycles. The second-order valence-corrected chi connectivity index (χ2v) is 11.1. The summed E-state index contributed by atoms with van der Waals surface area (Å²) in [5.41, 5.74) is 5.19. The third-order valence-corrected chi connectivity index (χ3v) is 8.34. The molecule has 2 aliphatic rings. The van der Waals surface area contributed by atoms with Crippen LogP contribution in [-0.2, 0) is 6.54 Å². The molecule has 1 aliphatic carbocycles. The van der Waals surface area contributed by atoms with Crippen LogP contribution in [0.4, 0.5) is 0 Å². The maximum atomic E-state index is 13.7. The standard InChI is InChI=1S/C30H37N7O/c1-21-17-22(2)25-19-26(30(38)31-27(25)18-21)28(29-32-33-34-37(29)24-11-7-4-8-12-24)36-15-13-35(14-16-36)20-23-9-5-3-6-10-23/h3,5-6,9-10,17-19,24,28H,4,7-8,11-16,20H2,1-2H3,(H,31,38)/t28-/m0/s1. The van der Waals surface area contributed by atoms with Crippen LogP contribution in [-0.4, -0.2) is 61.2 Å². The van der Waals surface area contributed by atoms with Gasteiger partial charge in [0.2, 0.25) is 0 Å². The van der Waals surface area contributed by atoms with E-state index < -0.39 is 0 Å². The molecule has 0 radical (unpaired) electrons. The van der Waals surface area contributed by atoms with Crippen molar-refractivity contribution in [3.63, 3.8) is 0 Å². The van der Waals surface area contributed by atoms with Gasteiger partial charge in [0.1, 0.15) is 6.04 Å². The number of benzene rings is 2. The largest absolute Gasteiger partial charge is 0.322 e. The number of pyridine rings is 1. The van der Waals surface area contributed by atoms with Crippen LogP contribution >= 0.6 is 0 Å². The summed E-state index contributed by atoms with van der Waals surface area (Å²) in [4.78, 5) is 21.7. The summed E-state index contributed by atoms with van der Waals surface area (Å²) >= 11 is 0. The number of fused-ring (bicyclic) bond motifs is 1. The highest BCUT2D eigenvalue weighted by molar-refractivity contribution is 5.83. The molecule has 8 heteroatoms. The molecule has 0 amide bonds. The van der Waals surface area contributed by atoms with Crippen molar-refractivity contribution >= 4 is 10.9 Å². The lowest BCUT2D eigenvalue weighted by Gasteiger charge is -2.39. The van der Waals surface area contributed by atoms with Crippen LogP contribution in [0.3, 0.4) is 0 Å². The van der Waals surface area contributed by atoms with Crippen molar-refractivity contribution in [1.82, 2.24) is 35.0 Å². The predicted octanol–water partition coefficient (Wildman–Crippen LogP) is 4.54. The molecule has 1 saturated heterocycles. The topological polar surface area (TPSA) is 82.9 Å². The van der Waals surface area contributed by atoms with Crippen LogP contribution in [0.1, 0.15) is 72.3 Å². The van der Waals surface area contributed by atoms with Gasteiger partial charge in [-0.2, -0.15) is 0 Å². The number of nitrogens with zero attached hydrogens (tertiary/aromatic N) is 6. The number of piperazine rings is 1. The number of tetrazole rings is 1. The smallest absolute Gasteiger partial charge is 0.253 e. The first-order valence-corrected chi connectivity index (χ1v) is 14.0. The highest BCUT2D eigenvalue weighted by Gasteiger charge is 2.34. The minimum absolute atomic E-state index is 0.0580. The number of aromatic amines is 1. The van der Waals surface area contributed by atoms with Gasteiger partial charge in [0.25, 0.3) is 5.56 Å². The number of hydrogen-bond donors (Lipinski definition) is 1. The fraction of sp³-hybridized carbons (Fsp3) is 0.467. The second-order valence-electron chi connectivity index (χ2n) is 11.1. The van der Waals surface area contributed by atoms with Crippen LogP contribution in [0.5, 0.6) is 0 Å². The molecule has 4 aromatic rings. The number of nitrogens with one attached hydrogen (secondary N) is 1. The molecule has 8 nitrogen and oxygen atoms in total. The van der Waals surface area contributed by atoms with Crippen molar-refractivity contribution < 1.29 is 0 Å². The third kappa shape index (κ3) is 5.02. The molecular formula is C30H37N7O. The summed E-state index contributed by atoms with van der Waals surface area (Å²) in [6, 6.07) is 16.9. The van der Waals surface area contributed by atoms with E-state index >= 15 is 0 Å². The highest BCUT2D eigenvalue weighted by Crippen LogP contribution is 2.34. The molecule has 0 bridgehead atoms. The number of hydrogen-bond acceptors (Lipinski definition) is 6. The van der Waals surface area contributed by atoms with Crippen LogP contribution < -0.4 is 5.56 Å². The monoisotopic (exact) mass is 511 g/mol. The van der Waals surface area contributed by atoms with Gasteiger partial charge in [0, 0.05) is 49.2 Å². The van der Waals surface area contributed by atoms with E-state index in [1.165, 1.54) is 24.8 Å². The molecule has 3 heterocycles. The van der Waals surface area contributed by atoms with Gasteiger partial charge in [-0.1, -0.05) is 55.7 Å². The van der Waals surface area contributed by atoms with Gasteiger partial charge in [-0.25, -0.2) is 4.68 Å². The van der Waals surface area contributed by atoms with Crippen molar-refractivity contribution in [2.75, 3.05) is 26.2 Å². The lowest BCUT2D eigenvalue weighted by atomic mass is 9.94. The van der Waals surface area contributed by atoms with E-state index in [4.69, 9.17) is 0 Å². The van der Waals surface area contributed by atoms with Gasteiger partial charge in [-0.15, -0.1) is 5.10 Å².